The summed E-state index contributed by atoms with van der Waals surface area (Å²) in [6, 6.07) is -1.69. The van der Waals surface area contributed by atoms with Crippen LogP contribution in [0.2, 0.25) is 0 Å². The maximum absolute atomic E-state index is 11.8. The molecule has 0 bridgehead atoms. The second-order valence-electron chi connectivity index (χ2n) is 2.22. The molecule has 2 amide bonds. The maximum Gasteiger partial charge on any atom is 0.315 e. The third-order valence-electron chi connectivity index (χ3n) is 1.64. The van der Waals surface area contributed by atoms with Gasteiger partial charge in [0.15, 0.2) is 0 Å². The second-order valence-corrected chi connectivity index (χ2v) is 2.22. The molecule has 1 heterocycles. The molecule has 0 aromatic carbocycles. The lowest BCUT2D eigenvalue weighted by molar-refractivity contribution is -0.00685. The number of alkyl halides is 2. The summed E-state index contributed by atoms with van der Waals surface area (Å²) in [5.74, 6) is 0. The zero-order valence-electron chi connectivity index (χ0n) is 5.26. The molecule has 0 aromatic rings. The highest BCUT2D eigenvalue weighted by Crippen LogP contribution is 2.22. The van der Waals surface area contributed by atoms with Crippen molar-refractivity contribution < 1.29 is 13.6 Å². The van der Waals surface area contributed by atoms with Gasteiger partial charge < -0.3 is 10.6 Å². The van der Waals surface area contributed by atoms with Crippen LogP contribution in [0.1, 0.15) is 6.42 Å². The van der Waals surface area contributed by atoms with E-state index in [-0.39, 0.29) is 0 Å². The van der Waals surface area contributed by atoms with Crippen molar-refractivity contribution in [2.45, 2.75) is 18.9 Å². The summed E-state index contributed by atoms with van der Waals surface area (Å²) in [6.45, 7) is 0.365. The van der Waals surface area contributed by atoms with Crippen LogP contribution < -0.4 is 5.73 Å². The summed E-state index contributed by atoms with van der Waals surface area (Å²) in [5.41, 5.74) is 4.78. The molecule has 0 spiro atoms. The van der Waals surface area contributed by atoms with Gasteiger partial charge >= 0.3 is 6.03 Å². The van der Waals surface area contributed by atoms with E-state index < -0.39 is 18.5 Å². The Morgan fingerprint density at radius 2 is 2.30 bits per heavy atom. The molecule has 5 heteroatoms. The average molecular weight is 150 g/mol. The lowest BCUT2D eigenvalue weighted by atomic mass is 10.1. The fourth-order valence-electron chi connectivity index (χ4n) is 0.943. The maximum atomic E-state index is 11.8. The van der Waals surface area contributed by atoms with Crippen LogP contribution in [0.4, 0.5) is 13.6 Å². The van der Waals surface area contributed by atoms with E-state index in [2.05, 4.69) is 0 Å². The zero-order chi connectivity index (χ0) is 7.72. The highest BCUT2D eigenvalue weighted by Gasteiger charge is 2.37. The molecule has 58 valence electrons. The minimum Gasteiger partial charge on any atom is -0.351 e. The average Bonchev–Trinajstić information content (AvgIpc) is 1.56. The molecule has 1 saturated heterocycles. The summed E-state index contributed by atoms with van der Waals surface area (Å²) in [6.07, 6.45) is -2.10. The number of hydrogen-bond donors (Lipinski definition) is 1. The fraction of sp³-hybridized carbons (Fsp3) is 0.800. The molecule has 1 unspecified atom stereocenters. The van der Waals surface area contributed by atoms with Crippen LogP contribution in [0, 0.1) is 0 Å². The second kappa shape index (κ2) is 2.40. The van der Waals surface area contributed by atoms with Crippen LogP contribution in [0.25, 0.3) is 0 Å². The normalized spacial score (nSPS) is 24.7. The number of rotatable bonds is 1. The molecule has 2 N–H and O–H groups in total. The van der Waals surface area contributed by atoms with E-state index >= 15 is 0 Å². The van der Waals surface area contributed by atoms with E-state index in [0.29, 0.717) is 13.0 Å². The third-order valence-corrected chi connectivity index (χ3v) is 1.64. The molecule has 1 fully saturated rings. The summed E-state index contributed by atoms with van der Waals surface area (Å²) in [5, 5.41) is 0. The van der Waals surface area contributed by atoms with Gasteiger partial charge in [0.25, 0.3) is 6.43 Å². The van der Waals surface area contributed by atoms with Crippen molar-refractivity contribution in [3.63, 3.8) is 0 Å². The molecule has 3 nitrogen and oxygen atoms in total. The SMILES string of the molecule is NC(=O)N1CCC1C(F)F. The molecule has 1 rings (SSSR count). The molecule has 0 aromatic heterocycles. The van der Waals surface area contributed by atoms with E-state index in [1.54, 1.807) is 0 Å². The first-order chi connectivity index (χ1) is 4.63. The van der Waals surface area contributed by atoms with E-state index in [4.69, 9.17) is 5.73 Å². The van der Waals surface area contributed by atoms with E-state index in [1.807, 2.05) is 0 Å². The first-order valence-electron chi connectivity index (χ1n) is 2.97. The first kappa shape index (κ1) is 7.24. The third kappa shape index (κ3) is 1.03. The molecule has 1 atom stereocenters. The van der Waals surface area contributed by atoms with Crippen LogP contribution in [-0.2, 0) is 0 Å². The Labute approximate surface area is 56.8 Å². The topological polar surface area (TPSA) is 46.3 Å². The number of amides is 2. The van der Waals surface area contributed by atoms with E-state index in [0.717, 1.165) is 4.90 Å². The Balaban J connectivity index is 2.43. The Morgan fingerprint density at radius 1 is 1.70 bits per heavy atom. The Morgan fingerprint density at radius 3 is 2.40 bits per heavy atom. The predicted octanol–water partition coefficient (Wildman–Crippen LogP) is 0.404. The number of likely N-dealkylation sites (tertiary alicyclic amines) is 1. The summed E-state index contributed by atoms with van der Waals surface area (Å²) in [7, 11) is 0. The highest BCUT2D eigenvalue weighted by molar-refractivity contribution is 5.73. The summed E-state index contributed by atoms with van der Waals surface area (Å²) in [4.78, 5) is 11.3. The fourth-order valence-corrected chi connectivity index (χ4v) is 0.943. The van der Waals surface area contributed by atoms with Gasteiger partial charge in [0.2, 0.25) is 0 Å². The molecule has 1 aliphatic heterocycles. The van der Waals surface area contributed by atoms with E-state index in [1.165, 1.54) is 0 Å². The number of nitrogens with zero attached hydrogens (tertiary/aromatic N) is 1. The Bertz CT molecular complexity index is 151. The summed E-state index contributed by atoms with van der Waals surface area (Å²) >= 11 is 0. The molecule has 0 aliphatic carbocycles. The molecule has 0 saturated carbocycles. The lowest BCUT2D eigenvalue weighted by Crippen LogP contribution is -2.56. The van der Waals surface area contributed by atoms with Gasteiger partial charge in [-0.25, -0.2) is 13.6 Å². The monoisotopic (exact) mass is 150 g/mol. The van der Waals surface area contributed by atoms with Gasteiger partial charge in [-0.3, -0.25) is 0 Å². The van der Waals surface area contributed by atoms with Crippen LogP contribution >= 0.6 is 0 Å². The van der Waals surface area contributed by atoms with Gasteiger partial charge in [0.05, 0.1) is 6.04 Å². The summed E-state index contributed by atoms with van der Waals surface area (Å²) < 4.78 is 23.7. The van der Waals surface area contributed by atoms with Crippen molar-refractivity contribution >= 4 is 6.03 Å². The number of nitrogens with two attached hydrogens (primary N) is 1. The van der Waals surface area contributed by atoms with Crippen molar-refractivity contribution in [2.24, 2.45) is 5.73 Å². The largest absolute Gasteiger partial charge is 0.351 e. The molecule has 1 aliphatic rings. The van der Waals surface area contributed by atoms with Gasteiger partial charge in [-0.1, -0.05) is 0 Å². The minimum atomic E-state index is -2.46. The number of primary amides is 1. The Hall–Kier alpha value is -0.870. The minimum absolute atomic E-state index is 0.362. The van der Waals surface area contributed by atoms with E-state index in [9.17, 15) is 13.6 Å². The van der Waals surface area contributed by atoms with Crippen molar-refractivity contribution in [1.82, 2.24) is 4.90 Å². The smallest absolute Gasteiger partial charge is 0.315 e. The van der Waals surface area contributed by atoms with Crippen molar-refractivity contribution in [3.8, 4) is 0 Å². The number of hydrogen-bond acceptors (Lipinski definition) is 1. The van der Waals surface area contributed by atoms with Crippen molar-refractivity contribution in [3.05, 3.63) is 0 Å². The standard InChI is InChI=1S/C5H8F2N2O/c6-4(7)3-1-2-9(3)5(8)10/h3-4H,1-2H2,(H2,8,10). The molecular formula is C5H8F2N2O. The zero-order valence-corrected chi connectivity index (χ0v) is 5.26. The van der Waals surface area contributed by atoms with Crippen LogP contribution in [0.5, 0.6) is 0 Å². The van der Waals surface area contributed by atoms with Crippen LogP contribution in [-0.4, -0.2) is 29.9 Å². The number of halogens is 2. The highest BCUT2D eigenvalue weighted by atomic mass is 19.3. The lowest BCUT2D eigenvalue weighted by Gasteiger charge is -2.38. The van der Waals surface area contributed by atoms with Crippen LogP contribution in [0.15, 0.2) is 0 Å². The van der Waals surface area contributed by atoms with Crippen molar-refractivity contribution in [2.75, 3.05) is 6.54 Å². The Kier molecular flexibility index (Phi) is 1.74. The quantitative estimate of drug-likeness (QED) is 0.578. The van der Waals surface area contributed by atoms with Gasteiger partial charge in [-0.15, -0.1) is 0 Å². The first-order valence-corrected chi connectivity index (χ1v) is 2.97. The number of carbonyl (C=O) groups is 1. The van der Waals surface area contributed by atoms with Gasteiger partial charge in [0.1, 0.15) is 0 Å². The number of urea groups is 1. The van der Waals surface area contributed by atoms with Gasteiger partial charge in [-0.2, -0.15) is 0 Å². The predicted molar refractivity (Wildman–Crippen MR) is 30.7 cm³/mol. The van der Waals surface area contributed by atoms with Gasteiger partial charge in [0, 0.05) is 6.54 Å². The van der Waals surface area contributed by atoms with Crippen LogP contribution in [0.3, 0.4) is 0 Å². The number of carbonyl (C=O) groups excluding carboxylic acids is 1. The molecular weight excluding hydrogens is 142 g/mol. The molecule has 0 radical (unpaired) electrons. The molecule has 10 heavy (non-hydrogen) atoms. The van der Waals surface area contributed by atoms with Gasteiger partial charge in [-0.05, 0) is 6.42 Å². The van der Waals surface area contributed by atoms with Crippen molar-refractivity contribution in [1.29, 1.82) is 0 Å².